The van der Waals surface area contributed by atoms with Crippen LogP contribution in [0.2, 0.25) is 0 Å². The monoisotopic (exact) mass is 387 g/mol. The molecule has 0 spiro atoms. The van der Waals surface area contributed by atoms with Crippen LogP contribution in [-0.2, 0) is 4.79 Å². The smallest absolute Gasteiger partial charge is 0.222 e. The lowest BCUT2D eigenvalue weighted by atomic mass is 9.89. The van der Waals surface area contributed by atoms with E-state index in [0.29, 0.717) is 24.7 Å². The Balaban J connectivity index is 1.86. The average molecular weight is 388 g/mol. The third-order valence-corrected chi connectivity index (χ3v) is 6.35. The zero-order chi connectivity index (χ0) is 20.7. The van der Waals surface area contributed by atoms with Gasteiger partial charge in [0.1, 0.15) is 0 Å². The van der Waals surface area contributed by atoms with Crippen molar-refractivity contribution >= 4 is 5.91 Å². The Labute approximate surface area is 170 Å². The van der Waals surface area contributed by atoms with Gasteiger partial charge in [0, 0.05) is 32.9 Å². The van der Waals surface area contributed by atoms with E-state index in [0.717, 1.165) is 32.1 Å². The molecule has 2 fully saturated rings. The summed E-state index contributed by atoms with van der Waals surface area (Å²) in [6.45, 7) is 3.82. The first-order valence-electron chi connectivity index (χ1n) is 10.7. The van der Waals surface area contributed by atoms with Gasteiger partial charge in [0.15, 0.2) is 0 Å². The normalized spacial score (nSPS) is 30.1. The fourth-order valence-electron chi connectivity index (χ4n) is 4.54. The van der Waals surface area contributed by atoms with Gasteiger partial charge >= 0.3 is 0 Å². The molecule has 1 amide bonds. The maximum absolute atomic E-state index is 11.7. The number of rotatable bonds is 8. The summed E-state index contributed by atoms with van der Waals surface area (Å²) in [5, 5.41) is 20.8. The van der Waals surface area contributed by atoms with E-state index in [1.165, 1.54) is 5.57 Å². The van der Waals surface area contributed by atoms with Crippen LogP contribution in [0.5, 0.6) is 0 Å². The molecule has 2 N–H and O–H groups in total. The van der Waals surface area contributed by atoms with E-state index in [1.54, 1.807) is 19.0 Å². The first kappa shape index (κ1) is 22.7. The second-order valence-corrected chi connectivity index (χ2v) is 8.74. The summed E-state index contributed by atoms with van der Waals surface area (Å²) in [4.78, 5) is 13.3. The number of carbonyl (C=O) groups is 1. The molecular weight excluding hydrogens is 350 g/mol. The molecule has 0 aliphatic heterocycles. The largest absolute Gasteiger partial charge is 0.392 e. The maximum atomic E-state index is 11.7. The van der Waals surface area contributed by atoms with E-state index in [9.17, 15) is 15.0 Å². The first-order chi connectivity index (χ1) is 13.3. The van der Waals surface area contributed by atoms with Crippen molar-refractivity contribution in [3.8, 4) is 11.8 Å². The highest BCUT2D eigenvalue weighted by molar-refractivity contribution is 5.75. The number of nitrogens with zero attached hydrogens (tertiary/aromatic N) is 1. The second-order valence-electron chi connectivity index (χ2n) is 8.74. The Kier molecular flexibility index (Phi) is 8.79. The third-order valence-electron chi connectivity index (χ3n) is 6.35. The summed E-state index contributed by atoms with van der Waals surface area (Å²) >= 11 is 0. The molecule has 4 nitrogen and oxygen atoms in total. The Morgan fingerprint density at radius 3 is 2.79 bits per heavy atom. The molecule has 0 bridgehead atoms. The predicted octanol–water partition coefficient (Wildman–Crippen LogP) is 3.54. The standard InChI is InChI=1S/C24H37NO3/c1-5-6-9-17(2)22(26)13-12-20-21-15-18(14-19(21)16-23(20)27)10-7-8-11-24(28)25(3)4/h10,12-13,17,19-23,26-27H,7-9,11,14-16H2,1-4H3/b13-12+,18-10+/t17-,19-,20+,21-,22+,23+/m0/s1. The molecule has 6 atom stereocenters. The van der Waals surface area contributed by atoms with E-state index in [2.05, 4.69) is 24.0 Å². The number of fused-ring (bicyclic) bond motifs is 1. The van der Waals surface area contributed by atoms with Crippen LogP contribution < -0.4 is 0 Å². The van der Waals surface area contributed by atoms with Crippen molar-refractivity contribution in [2.45, 2.75) is 71.0 Å². The molecule has 2 aliphatic rings. The molecule has 2 rings (SSSR count). The number of unbranched alkanes of at least 4 members (excludes halogenated alkanes) is 1. The molecule has 2 saturated carbocycles. The molecule has 0 aromatic carbocycles. The number of aliphatic hydroxyl groups excluding tert-OH is 2. The molecule has 0 aromatic heterocycles. The van der Waals surface area contributed by atoms with Crippen LogP contribution >= 0.6 is 0 Å². The summed E-state index contributed by atoms with van der Waals surface area (Å²) < 4.78 is 0. The number of aliphatic hydroxyl groups is 2. The number of hydrogen-bond acceptors (Lipinski definition) is 3. The summed E-state index contributed by atoms with van der Waals surface area (Å²) in [5.74, 6) is 7.32. The average Bonchev–Trinajstić information content (AvgIpc) is 3.17. The van der Waals surface area contributed by atoms with Gasteiger partial charge in [-0.15, -0.1) is 11.8 Å². The number of amides is 1. The lowest BCUT2D eigenvalue weighted by Gasteiger charge is -2.19. The van der Waals surface area contributed by atoms with Crippen LogP contribution in [0.15, 0.2) is 23.8 Å². The fraction of sp³-hybridized carbons (Fsp3) is 0.708. The maximum Gasteiger partial charge on any atom is 0.222 e. The lowest BCUT2D eigenvalue weighted by Crippen LogP contribution is -2.20. The Bertz CT molecular complexity index is 640. The van der Waals surface area contributed by atoms with Crippen molar-refractivity contribution < 1.29 is 15.0 Å². The van der Waals surface area contributed by atoms with Crippen molar-refractivity contribution in [2.24, 2.45) is 23.7 Å². The van der Waals surface area contributed by atoms with Gasteiger partial charge in [-0.25, -0.2) is 0 Å². The van der Waals surface area contributed by atoms with Crippen molar-refractivity contribution in [3.05, 3.63) is 23.8 Å². The predicted molar refractivity (Wildman–Crippen MR) is 113 cm³/mol. The van der Waals surface area contributed by atoms with Crippen molar-refractivity contribution in [1.29, 1.82) is 0 Å². The van der Waals surface area contributed by atoms with Gasteiger partial charge in [-0.2, -0.15) is 0 Å². The van der Waals surface area contributed by atoms with Crippen molar-refractivity contribution in [2.75, 3.05) is 14.1 Å². The Morgan fingerprint density at radius 1 is 1.36 bits per heavy atom. The fourth-order valence-corrected chi connectivity index (χ4v) is 4.54. The highest BCUT2D eigenvalue weighted by Gasteiger charge is 2.44. The van der Waals surface area contributed by atoms with Gasteiger partial charge in [0.25, 0.3) is 0 Å². The number of allylic oxidation sites excluding steroid dienone is 2. The molecular formula is C24H37NO3. The third kappa shape index (κ3) is 6.22. The van der Waals surface area contributed by atoms with E-state index in [1.807, 2.05) is 19.9 Å². The van der Waals surface area contributed by atoms with Crippen LogP contribution in [0, 0.1) is 35.5 Å². The highest BCUT2D eigenvalue weighted by Crippen LogP contribution is 2.50. The Hall–Kier alpha value is -1.57. The SMILES string of the molecule is CC#CC[C@H](C)[C@H](O)/C=C/[C@@H]1[C@H]2C/C(=C/CCCC(=O)N(C)C)C[C@H]2C[C@H]1O. The van der Waals surface area contributed by atoms with Crippen molar-refractivity contribution in [1.82, 2.24) is 4.90 Å². The molecule has 0 unspecified atom stereocenters. The minimum atomic E-state index is -0.516. The van der Waals surface area contributed by atoms with Crippen LogP contribution in [0.25, 0.3) is 0 Å². The molecule has 0 heterocycles. The molecule has 0 radical (unpaired) electrons. The van der Waals surface area contributed by atoms with Gasteiger partial charge in [0.2, 0.25) is 5.91 Å². The molecule has 4 heteroatoms. The van der Waals surface area contributed by atoms with Gasteiger partial charge in [0.05, 0.1) is 12.2 Å². The van der Waals surface area contributed by atoms with Gasteiger partial charge in [-0.3, -0.25) is 4.79 Å². The van der Waals surface area contributed by atoms with Crippen LogP contribution in [0.3, 0.4) is 0 Å². The summed E-state index contributed by atoms with van der Waals surface area (Å²) in [5.41, 5.74) is 1.48. The topological polar surface area (TPSA) is 60.8 Å². The van der Waals surface area contributed by atoms with E-state index >= 15 is 0 Å². The first-order valence-corrected chi connectivity index (χ1v) is 10.7. The summed E-state index contributed by atoms with van der Waals surface area (Å²) in [7, 11) is 3.60. The molecule has 156 valence electrons. The zero-order valence-corrected chi connectivity index (χ0v) is 17.9. The van der Waals surface area contributed by atoms with E-state index in [4.69, 9.17) is 0 Å². The molecule has 0 aromatic rings. The minimum absolute atomic E-state index is 0.0990. The second kappa shape index (κ2) is 10.8. The van der Waals surface area contributed by atoms with E-state index < -0.39 is 6.10 Å². The van der Waals surface area contributed by atoms with Gasteiger partial charge in [-0.1, -0.05) is 30.7 Å². The van der Waals surface area contributed by atoms with Crippen LogP contribution in [0.4, 0.5) is 0 Å². The molecule has 2 aliphatic carbocycles. The number of hydrogen-bond donors (Lipinski definition) is 2. The zero-order valence-electron chi connectivity index (χ0n) is 17.9. The van der Waals surface area contributed by atoms with E-state index in [-0.39, 0.29) is 23.8 Å². The lowest BCUT2D eigenvalue weighted by molar-refractivity contribution is -0.128. The van der Waals surface area contributed by atoms with Crippen LogP contribution in [0.1, 0.15) is 58.8 Å². The highest BCUT2D eigenvalue weighted by atomic mass is 16.3. The minimum Gasteiger partial charge on any atom is -0.392 e. The summed E-state index contributed by atoms with van der Waals surface area (Å²) in [6, 6.07) is 0. The van der Waals surface area contributed by atoms with Crippen LogP contribution in [-0.4, -0.2) is 47.3 Å². The summed E-state index contributed by atoms with van der Waals surface area (Å²) in [6.07, 6.45) is 11.5. The molecule has 0 saturated heterocycles. The van der Waals surface area contributed by atoms with Crippen molar-refractivity contribution in [3.63, 3.8) is 0 Å². The van der Waals surface area contributed by atoms with Gasteiger partial charge in [-0.05, 0) is 56.8 Å². The number of carbonyl (C=O) groups excluding carboxylic acids is 1. The van der Waals surface area contributed by atoms with Gasteiger partial charge < -0.3 is 15.1 Å². The Morgan fingerprint density at radius 2 is 2.11 bits per heavy atom. The quantitative estimate of drug-likeness (QED) is 0.380. The molecule has 28 heavy (non-hydrogen) atoms.